The number of hydrogen-bond acceptors (Lipinski definition) is 3. The molecule has 2 aromatic rings. The summed E-state index contributed by atoms with van der Waals surface area (Å²) in [5.74, 6) is -1.05. The molecule has 4 nitrogen and oxygen atoms in total. The van der Waals surface area contributed by atoms with Crippen LogP contribution in [-0.4, -0.2) is 29.4 Å². The molecule has 7 heteroatoms. The summed E-state index contributed by atoms with van der Waals surface area (Å²) in [5.41, 5.74) is 1.05. The minimum atomic E-state index is -0.422. The van der Waals surface area contributed by atoms with E-state index in [9.17, 15) is 18.4 Å². The Balaban J connectivity index is 1.68. The van der Waals surface area contributed by atoms with Gasteiger partial charge in [0.05, 0.1) is 11.0 Å². The van der Waals surface area contributed by atoms with Gasteiger partial charge in [0.15, 0.2) is 0 Å². The highest BCUT2D eigenvalue weighted by Crippen LogP contribution is 2.13. The third kappa shape index (κ3) is 6.48. The van der Waals surface area contributed by atoms with Crippen molar-refractivity contribution in [1.82, 2.24) is 5.32 Å². The maximum atomic E-state index is 13.5. The van der Waals surface area contributed by atoms with E-state index in [0.29, 0.717) is 24.2 Å². The molecule has 0 aliphatic heterocycles. The van der Waals surface area contributed by atoms with Gasteiger partial charge in [-0.3, -0.25) is 9.59 Å². The van der Waals surface area contributed by atoms with E-state index in [-0.39, 0.29) is 29.2 Å². The number of nitrogens with one attached hydrogen (secondary N) is 2. The Bertz CT molecular complexity index is 753. The molecule has 138 valence electrons. The highest BCUT2D eigenvalue weighted by molar-refractivity contribution is 8.01. The van der Waals surface area contributed by atoms with Gasteiger partial charge in [-0.15, -0.1) is 11.8 Å². The summed E-state index contributed by atoms with van der Waals surface area (Å²) in [6.07, 6.45) is 0.404. The van der Waals surface area contributed by atoms with Crippen LogP contribution in [0.25, 0.3) is 0 Å². The predicted octanol–water partition coefficient (Wildman–Crippen LogP) is 3.38. The van der Waals surface area contributed by atoms with Crippen LogP contribution >= 0.6 is 11.8 Å². The Morgan fingerprint density at radius 3 is 2.46 bits per heavy atom. The normalized spacial score (nSPS) is 11.7. The number of hydrogen-bond donors (Lipinski definition) is 2. The molecule has 0 aromatic heterocycles. The number of anilines is 1. The standard InChI is InChI=1S/C19H20F2N2O2S/c1-13(19(25)22-11-10-14-4-2-3-5-17(14)21)26-12-18(24)23-16-8-6-15(20)7-9-16/h2-9,13H,10-12H2,1H3,(H,22,25)(H,23,24)/t13-/m1/s1. The number of carbonyl (C=O) groups excluding carboxylic acids is 2. The molecular weight excluding hydrogens is 358 g/mol. The number of benzene rings is 2. The molecule has 0 aliphatic carbocycles. The smallest absolute Gasteiger partial charge is 0.234 e. The molecule has 0 unspecified atom stereocenters. The van der Waals surface area contributed by atoms with Gasteiger partial charge < -0.3 is 10.6 Å². The fourth-order valence-corrected chi connectivity index (χ4v) is 2.88. The molecule has 0 radical (unpaired) electrons. The topological polar surface area (TPSA) is 58.2 Å². The Morgan fingerprint density at radius 2 is 1.77 bits per heavy atom. The SMILES string of the molecule is C[C@@H](SCC(=O)Nc1ccc(F)cc1)C(=O)NCCc1ccccc1F. The Labute approximate surface area is 155 Å². The van der Waals surface area contributed by atoms with Crippen LogP contribution in [-0.2, 0) is 16.0 Å². The molecule has 0 heterocycles. The Kier molecular flexibility index (Phi) is 7.59. The monoisotopic (exact) mass is 378 g/mol. The Hall–Kier alpha value is -2.41. The van der Waals surface area contributed by atoms with Crippen molar-refractivity contribution in [2.45, 2.75) is 18.6 Å². The molecule has 0 bridgehead atoms. The van der Waals surface area contributed by atoms with Crippen LogP contribution < -0.4 is 10.6 Å². The predicted molar refractivity (Wildman–Crippen MR) is 100 cm³/mol. The van der Waals surface area contributed by atoms with E-state index in [0.717, 1.165) is 0 Å². The van der Waals surface area contributed by atoms with Crippen LogP contribution in [0, 0.1) is 11.6 Å². The highest BCUT2D eigenvalue weighted by atomic mass is 32.2. The second-order valence-corrected chi connectivity index (χ2v) is 6.97. The van der Waals surface area contributed by atoms with E-state index < -0.39 is 5.25 Å². The molecule has 0 fully saturated rings. The van der Waals surface area contributed by atoms with Crippen molar-refractivity contribution in [3.63, 3.8) is 0 Å². The molecule has 0 saturated carbocycles. The number of carbonyl (C=O) groups is 2. The van der Waals surface area contributed by atoms with Crippen LogP contribution in [0.3, 0.4) is 0 Å². The first-order valence-electron chi connectivity index (χ1n) is 8.14. The third-order valence-electron chi connectivity index (χ3n) is 3.61. The first-order valence-corrected chi connectivity index (χ1v) is 9.18. The van der Waals surface area contributed by atoms with Gasteiger partial charge in [-0.2, -0.15) is 0 Å². The number of rotatable bonds is 8. The quantitative estimate of drug-likeness (QED) is 0.740. The summed E-state index contributed by atoms with van der Waals surface area (Å²) < 4.78 is 26.3. The van der Waals surface area contributed by atoms with Crippen LogP contribution in [0.4, 0.5) is 14.5 Å². The van der Waals surface area contributed by atoms with Crippen molar-refractivity contribution in [3.05, 3.63) is 65.7 Å². The lowest BCUT2D eigenvalue weighted by atomic mass is 10.1. The van der Waals surface area contributed by atoms with Crippen LogP contribution in [0.15, 0.2) is 48.5 Å². The number of thioether (sulfide) groups is 1. The molecule has 2 N–H and O–H groups in total. The average Bonchev–Trinajstić information content (AvgIpc) is 2.63. The molecule has 2 amide bonds. The summed E-state index contributed by atoms with van der Waals surface area (Å²) in [6, 6.07) is 11.9. The lowest BCUT2D eigenvalue weighted by Gasteiger charge is -2.12. The van der Waals surface area contributed by atoms with E-state index in [4.69, 9.17) is 0 Å². The Morgan fingerprint density at radius 1 is 1.08 bits per heavy atom. The molecule has 0 saturated heterocycles. The minimum Gasteiger partial charge on any atom is -0.355 e. The number of amides is 2. The van der Waals surface area contributed by atoms with Gasteiger partial charge in [0, 0.05) is 12.2 Å². The van der Waals surface area contributed by atoms with Crippen LogP contribution in [0.2, 0.25) is 0 Å². The second kappa shape index (κ2) is 9.91. The summed E-state index contributed by atoms with van der Waals surface area (Å²) in [7, 11) is 0. The van der Waals surface area contributed by atoms with Crippen molar-refractivity contribution in [1.29, 1.82) is 0 Å². The fraction of sp³-hybridized carbons (Fsp3) is 0.263. The summed E-state index contributed by atoms with van der Waals surface area (Å²) in [6.45, 7) is 2.03. The third-order valence-corrected chi connectivity index (χ3v) is 4.76. The first-order chi connectivity index (χ1) is 12.5. The van der Waals surface area contributed by atoms with Crippen LogP contribution in [0.5, 0.6) is 0 Å². The number of halogens is 2. The van der Waals surface area contributed by atoms with Crippen molar-refractivity contribution >= 4 is 29.3 Å². The molecule has 26 heavy (non-hydrogen) atoms. The van der Waals surface area contributed by atoms with Crippen molar-refractivity contribution in [2.75, 3.05) is 17.6 Å². The molecule has 2 aromatic carbocycles. The first kappa shape index (κ1) is 19.9. The molecule has 1 atom stereocenters. The average molecular weight is 378 g/mol. The van der Waals surface area contributed by atoms with Gasteiger partial charge in [-0.1, -0.05) is 18.2 Å². The van der Waals surface area contributed by atoms with E-state index >= 15 is 0 Å². The minimum absolute atomic E-state index is 0.0965. The van der Waals surface area contributed by atoms with Gasteiger partial charge in [0.25, 0.3) is 0 Å². The summed E-state index contributed by atoms with van der Waals surface area (Å²) in [4.78, 5) is 23.9. The maximum absolute atomic E-state index is 13.5. The lowest BCUT2D eigenvalue weighted by molar-refractivity contribution is -0.120. The van der Waals surface area contributed by atoms with Crippen molar-refractivity contribution in [2.24, 2.45) is 0 Å². The van der Waals surface area contributed by atoms with E-state index in [1.54, 1.807) is 25.1 Å². The molecule has 0 aliphatic rings. The molecule has 2 rings (SSSR count). The van der Waals surface area contributed by atoms with Gasteiger partial charge in [0.1, 0.15) is 11.6 Å². The van der Waals surface area contributed by atoms with E-state index in [1.165, 1.54) is 42.1 Å². The highest BCUT2D eigenvalue weighted by Gasteiger charge is 2.15. The van der Waals surface area contributed by atoms with Gasteiger partial charge in [-0.05, 0) is 49.2 Å². The maximum Gasteiger partial charge on any atom is 0.234 e. The zero-order valence-electron chi connectivity index (χ0n) is 14.3. The molecular formula is C19H20F2N2O2S. The van der Waals surface area contributed by atoms with Gasteiger partial charge >= 0.3 is 0 Å². The zero-order chi connectivity index (χ0) is 18.9. The van der Waals surface area contributed by atoms with E-state index in [1.807, 2.05) is 0 Å². The largest absolute Gasteiger partial charge is 0.355 e. The second-order valence-electron chi connectivity index (χ2n) is 5.64. The summed E-state index contributed by atoms with van der Waals surface area (Å²) >= 11 is 1.19. The van der Waals surface area contributed by atoms with Crippen LogP contribution in [0.1, 0.15) is 12.5 Å². The summed E-state index contributed by atoms with van der Waals surface area (Å²) in [5, 5.41) is 4.95. The molecule has 0 spiro atoms. The van der Waals surface area contributed by atoms with Gasteiger partial charge in [-0.25, -0.2) is 8.78 Å². The van der Waals surface area contributed by atoms with Gasteiger partial charge in [0.2, 0.25) is 11.8 Å². The zero-order valence-corrected chi connectivity index (χ0v) is 15.1. The van der Waals surface area contributed by atoms with Crippen molar-refractivity contribution in [3.8, 4) is 0 Å². The van der Waals surface area contributed by atoms with E-state index in [2.05, 4.69) is 10.6 Å². The lowest BCUT2D eigenvalue weighted by Crippen LogP contribution is -2.33. The van der Waals surface area contributed by atoms with Crippen molar-refractivity contribution < 1.29 is 18.4 Å². The fourth-order valence-electron chi connectivity index (χ4n) is 2.17.